The summed E-state index contributed by atoms with van der Waals surface area (Å²) in [5.74, 6) is -2.20. The predicted octanol–water partition coefficient (Wildman–Crippen LogP) is 2.25. The lowest BCUT2D eigenvalue weighted by Crippen LogP contribution is -2.34. The number of aliphatic carboxylic acids is 1. The van der Waals surface area contributed by atoms with Crippen LogP contribution in [0.5, 0.6) is 0 Å². The highest BCUT2D eigenvalue weighted by atomic mass is 32.1. The second-order valence-electron chi connectivity index (χ2n) is 3.63. The first-order valence-electron chi connectivity index (χ1n) is 5.15. The maximum atomic E-state index is 12.3. The zero-order valence-corrected chi connectivity index (χ0v) is 10.5. The molecule has 0 aliphatic carbocycles. The van der Waals surface area contributed by atoms with Crippen LogP contribution in [0.4, 0.5) is 18.3 Å². The smallest absolute Gasteiger partial charge is 0.452 e. The van der Waals surface area contributed by atoms with Gasteiger partial charge in [-0.05, 0) is 13.8 Å². The number of nitrogens with zero attached hydrogens (tertiary/aromatic N) is 3. The highest BCUT2D eigenvalue weighted by Gasteiger charge is 2.36. The van der Waals surface area contributed by atoms with Gasteiger partial charge < -0.3 is 10.0 Å². The summed E-state index contributed by atoms with van der Waals surface area (Å²) in [7, 11) is 0. The Hall–Kier alpha value is -1.38. The Bertz CT molecular complexity index is 421. The van der Waals surface area contributed by atoms with E-state index in [-0.39, 0.29) is 11.6 Å². The van der Waals surface area contributed by atoms with E-state index in [0.717, 1.165) is 0 Å². The Morgan fingerprint density at radius 1 is 1.56 bits per heavy atom. The lowest BCUT2D eigenvalue weighted by atomic mass is 10.2. The molecule has 0 radical (unpaired) electrons. The molecule has 1 rings (SSSR count). The van der Waals surface area contributed by atoms with Crippen molar-refractivity contribution in [3.8, 4) is 0 Å². The van der Waals surface area contributed by atoms with Crippen molar-refractivity contribution in [2.45, 2.75) is 32.5 Å². The molecule has 0 aromatic carbocycles. The van der Waals surface area contributed by atoms with Crippen LogP contribution in [0.1, 0.15) is 26.1 Å². The first-order valence-corrected chi connectivity index (χ1v) is 5.92. The van der Waals surface area contributed by atoms with E-state index in [9.17, 15) is 18.0 Å². The minimum absolute atomic E-state index is 0.0820. The standard InChI is InChI=1S/C9H12F3N3O2S/c1-3-15(5(2)4-6(16)17)8-13-7(14-18-8)9(10,11)12/h5H,3-4H2,1-2H3,(H,16,17). The molecule has 102 valence electrons. The molecule has 0 amide bonds. The lowest BCUT2D eigenvalue weighted by Gasteiger charge is -2.25. The molecular formula is C9H12F3N3O2S. The van der Waals surface area contributed by atoms with Gasteiger partial charge in [0.1, 0.15) is 0 Å². The molecule has 1 N–H and O–H groups in total. The summed E-state index contributed by atoms with van der Waals surface area (Å²) in [6.45, 7) is 3.69. The van der Waals surface area contributed by atoms with Crippen molar-refractivity contribution in [3.05, 3.63) is 5.82 Å². The van der Waals surface area contributed by atoms with E-state index < -0.39 is 24.0 Å². The number of carboxylic acids is 1. The summed E-state index contributed by atoms with van der Waals surface area (Å²) < 4.78 is 40.3. The molecule has 0 aliphatic heterocycles. The third-order valence-corrected chi connectivity index (χ3v) is 3.01. The Balaban J connectivity index is 2.89. The minimum Gasteiger partial charge on any atom is -0.481 e. The van der Waals surface area contributed by atoms with Gasteiger partial charge in [-0.3, -0.25) is 4.79 Å². The molecule has 1 atom stereocenters. The van der Waals surface area contributed by atoms with Crippen molar-refractivity contribution in [2.75, 3.05) is 11.4 Å². The second-order valence-corrected chi connectivity index (χ2v) is 4.36. The van der Waals surface area contributed by atoms with Crippen molar-refractivity contribution < 1.29 is 23.1 Å². The van der Waals surface area contributed by atoms with E-state index >= 15 is 0 Å². The van der Waals surface area contributed by atoms with Gasteiger partial charge >= 0.3 is 12.1 Å². The molecule has 1 unspecified atom stereocenters. The van der Waals surface area contributed by atoms with Crippen molar-refractivity contribution >= 4 is 22.6 Å². The SMILES string of the molecule is CCN(c1nc(C(F)(F)F)ns1)C(C)CC(=O)O. The maximum Gasteiger partial charge on any atom is 0.452 e. The van der Waals surface area contributed by atoms with Crippen LogP contribution in [0.25, 0.3) is 0 Å². The first kappa shape index (κ1) is 14.7. The molecule has 1 aromatic rings. The van der Waals surface area contributed by atoms with Gasteiger partial charge in [0, 0.05) is 24.1 Å². The van der Waals surface area contributed by atoms with E-state index in [1.165, 1.54) is 4.90 Å². The minimum atomic E-state index is -4.58. The summed E-state index contributed by atoms with van der Waals surface area (Å²) in [6.07, 6.45) is -4.75. The Morgan fingerprint density at radius 2 is 2.17 bits per heavy atom. The normalized spacial score (nSPS) is 13.4. The van der Waals surface area contributed by atoms with E-state index in [4.69, 9.17) is 5.11 Å². The Labute approximate surface area is 105 Å². The zero-order valence-electron chi connectivity index (χ0n) is 9.73. The maximum absolute atomic E-state index is 12.3. The van der Waals surface area contributed by atoms with E-state index in [0.29, 0.717) is 18.1 Å². The van der Waals surface area contributed by atoms with E-state index in [1.54, 1.807) is 13.8 Å². The van der Waals surface area contributed by atoms with Crippen LogP contribution in [0.2, 0.25) is 0 Å². The zero-order chi connectivity index (χ0) is 13.9. The third-order valence-electron chi connectivity index (χ3n) is 2.26. The van der Waals surface area contributed by atoms with Gasteiger partial charge in [0.25, 0.3) is 0 Å². The van der Waals surface area contributed by atoms with Gasteiger partial charge in [0.15, 0.2) is 0 Å². The fraction of sp³-hybridized carbons (Fsp3) is 0.667. The summed E-state index contributed by atoms with van der Waals surface area (Å²) in [6, 6.07) is -0.443. The van der Waals surface area contributed by atoms with Crippen LogP contribution in [0.15, 0.2) is 0 Å². The molecule has 5 nitrogen and oxygen atoms in total. The molecule has 0 saturated carbocycles. The molecule has 0 bridgehead atoms. The fourth-order valence-corrected chi connectivity index (χ4v) is 2.30. The van der Waals surface area contributed by atoms with Gasteiger partial charge in [-0.2, -0.15) is 22.5 Å². The third kappa shape index (κ3) is 3.56. The van der Waals surface area contributed by atoms with Gasteiger partial charge in [-0.15, -0.1) is 0 Å². The average molecular weight is 283 g/mol. The van der Waals surface area contributed by atoms with Crippen molar-refractivity contribution in [1.29, 1.82) is 0 Å². The Morgan fingerprint density at radius 3 is 2.56 bits per heavy atom. The molecule has 0 saturated heterocycles. The molecule has 18 heavy (non-hydrogen) atoms. The summed E-state index contributed by atoms with van der Waals surface area (Å²) in [5, 5.41) is 8.75. The molecule has 1 aromatic heterocycles. The predicted molar refractivity (Wildman–Crippen MR) is 59.6 cm³/mol. The molecule has 0 fully saturated rings. The number of alkyl halides is 3. The number of aromatic nitrogens is 2. The van der Waals surface area contributed by atoms with Gasteiger partial charge in [0.05, 0.1) is 6.42 Å². The monoisotopic (exact) mass is 283 g/mol. The highest BCUT2D eigenvalue weighted by Crippen LogP contribution is 2.31. The van der Waals surface area contributed by atoms with Crippen LogP contribution in [0.3, 0.4) is 0 Å². The molecule has 0 aliphatic rings. The number of hydrogen-bond acceptors (Lipinski definition) is 5. The summed E-state index contributed by atoms with van der Waals surface area (Å²) in [4.78, 5) is 15.5. The topological polar surface area (TPSA) is 66.3 Å². The summed E-state index contributed by atoms with van der Waals surface area (Å²) >= 11 is 0.616. The van der Waals surface area contributed by atoms with E-state index in [1.807, 2.05) is 0 Å². The number of halogens is 3. The quantitative estimate of drug-likeness (QED) is 0.897. The van der Waals surface area contributed by atoms with Crippen LogP contribution >= 0.6 is 11.5 Å². The van der Waals surface area contributed by atoms with Crippen molar-refractivity contribution in [3.63, 3.8) is 0 Å². The molecule has 0 spiro atoms. The first-order chi connectivity index (χ1) is 8.25. The lowest BCUT2D eigenvalue weighted by molar-refractivity contribution is -0.144. The number of rotatable bonds is 5. The second kappa shape index (κ2) is 5.51. The van der Waals surface area contributed by atoms with Crippen molar-refractivity contribution in [1.82, 2.24) is 9.36 Å². The number of carboxylic acid groups (broad SMARTS) is 1. The van der Waals surface area contributed by atoms with Crippen LogP contribution in [-0.2, 0) is 11.0 Å². The van der Waals surface area contributed by atoms with Gasteiger partial charge in [0.2, 0.25) is 11.0 Å². The van der Waals surface area contributed by atoms with E-state index in [2.05, 4.69) is 9.36 Å². The Kier molecular flexibility index (Phi) is 4.49. The van der Waals surface area contributed by atoms with Crippen molar-refractivity contribution in [2.24, 2.45) is 0 Å². The largest absolute Gasteiger partial charge is 0.481 e. The summed E-state index contributed by atoms with van der Waals surface area (Å²) in [5.41, 5.74) is 0. The van der Waals surface area contributed by atoms with Gasteiger partial charge in [-0.25, -0.2) is 0 Å². The molecule has 9 heteroatoms. The molecule has 1 heterocycles. The van der Waals surface area contributed by atoms with Gasteiger partial charge in [-0.1, -0.05) is 0 Å². The number of anilines is 1. The highest BCUT2D eigenvalue weighted by molar-refractivity contribution is 7.09. The average Bonchev–Trinajstić information content (AvgIpc) is 2.66. The number of carbonyl (C=O) groups is 1. The number of hydrogen-bond donors (Lipinski definition) is 1. The van der Waals surface area contributed by atoms with Crippen LogP contribution < -0.4 is 4.90 Å². The van der Waals surface area contributed by atoms with Crippen LogP contribution in [-0.4, -0.2) is 33.0 Å². The fourth-order valence-electron chi connectivity index (χ4n) is 1.45. The molecular weight excluding hydrogens is 271 g/mol. The van der Waals surface area contributed by atoms with Crippen LogP contribution in [0, 0.1) is 0 Å².